The zero-order chi connectivity index (χ0) is 15.0. The lowest BCUT2D eigenvalue weighted by atomic mass is 9.99. The van der Waals surface area contributed by atoms with Gasteiger partial charge < -0.3 is 10.6 Å². The number of hydrogen-bond acceptors (Lipinski definition) is 2. The molecule has 0 amide bonds. The van der Waals surface area contributed by atoms with Crippen molar-refractivity contribution in [2.45, 2.75) is 25.4 Å². The van der Waals surface area contributed by atoms with Crippen LogP contribution in [0, 0.1) is 5.82 Å². The quantitative estimate of drug-likeness (QED) is 0.931. The first-order valence-corrected chi connectivity index (χ1v) is 7.50. The molecule has 0 aromatic heterocycles. The largest absolute Gasteiger partial charge is 0.362 e. The molecule has 2 aromatic rings. The summed E-state index contributed by atoms with van der Waals surface area (Å²) in [6.07, 6.45) is 0.923. The van der Waals surface area contributed by atoms with Crippen molar-refractivity contribution in [1.29, 1.82) is 0 Å². The molecule has 2 N–H and O–H groups in total. The van der Waals surface area contributed by atoms with Gasteiger partial charge in [-0.05, 0) is 48.7 Å². The Labute approximate surface area is 129 Å². The number of nitrogens with two attached hydrogens (primary N) is 1. The lowest BCUT2D eigenvalue weighted by Gasteiger charge is -2.33. The molecular weight excluding hydrogens is 287 g/mol. The van der Waals surface area contributed by atoms with Crippen LogP contribution in [0.1, 0.15) is 24.1 Å². The smallest absolute Gasteiger partial charge is 0.125 e. The van der Waals surface area contributed by atoms with E-state index in [0.717, 1.165) is 24.2 Å². The molecule has 2 atom stereocenters. The molecule has 2 nitrogen and oxygen atoms in total. The zero-order valence-electron chi connectivity index (χ0n) is 11.9. The summed E-state index contributed by atoms with van der Waals surface area (Å²) in [5.74, 6) is -0.208. The van der Waals surface area contributed by atoms with Crippen molar-refractivity contribution >= 4 is 17.3 Å². The Morgan fingerprint density at radius 1 is 1.19 bits per heavy atom. The summed E-state index contributed by atoms with van der Waals surface area (Å²) in [5, 5.41) is 0.704. The van der Waals surface area contributed by atoms with Gasteiger partial charge >= 0.3 is 0 Å². The molecule has 21 heavy (non-hydrogen) atoms. The van der Waals surface area contributed by atoms with Gasteiger partial charge in [0.25, 0.3) is 0 Å². The third-order valence-electron chi connectivity index (χ3n) is 4.02. The van der Waals surface area contributed by atoms with Gasteiger partial charge in [-0.2, -0.15) is 0 Å². The summed E-state index contributed by atoms with van der Waals surface area (Å²) in [4.78, 5) is 2.20. The number of nitrogens with zero attached hydrogens (tertiary/aromatic N) is 1. The van der Waals surface area contributed by atoms with Gasteiger partial charge in [0, 0.05) is 23.3 Å². The minimum Gasteiger partial charge on any atom is -0.362 e. The van der Waals surface area contributed by atoms with Crippen LogP contribution in [-0.4, -0.2) is 12.6 Å². The number of halogens is 2. The fourth-order valence-corrected chi connectivity index (χ4v) is 3.22. The van der Waals surface area contributed by atoms with E-state index in [2.05, 4.69) is 4.90 Å². The Kier molecular flexibility index (Phi) is 3.87. The zero-order valence-corrected chi connectivity index (χ0v) is 12.6. The summed E-state index contributed by atoms with van der Waals surface area (Å²) in [7, 11) is 0. The predicted molar refractivity (Wildman–Crippen MR) is 85.3 cm³/mol. The van der Waals surface area contributed by atoms with E-state index in [9.17, 15) is 4.39 Å². The third kappa shape index (κ3) is 2.76. The van der Waals surface area contributed by atoms with E-state index in [1.807, 2.05) is 37.3 Å². The molecule has 3 rings (SSSR count). The van der Waals surface area contributed by atoms with Gasteiger partial charge in [0.2, 0.25) is 0 Å². The minimum atomic E-state index is -0.208. The Hall–Kier alpha value is -1.58. The van der Waals surface area contributed by atoms with Crippen molar-refractivity contribution < 1.29 is 4.39 Å². The van der Waals surface area contributed by atoms with Gasteiger partial charge in [0.05, 0.1) is 6.04 Å². The summed E-state index contributed by atoms with van der Waals surface area (Å²) >= 11 is 5.96. The fraction of sp³-hybridized carbons (Fsp3) is 0.294. The molecular formula is C17H18ClFN2. The molecule has 1 heterocycles. The molecule has 2 aromatic carbocycles. The monoisotopic (exact) mass is 304 g/mol. The van der Waals surface area contributed by atoms with Crippen LogP contribution < -0.4 is 10.6 Å². The van der Waals surface area contributed by atoms with E-state index in [4.69, 9.17) is 17.3 Å². The standard InChI is InChI=1S/C17H18ClFN2/c1-11(20)17(13-2-5-14(18)6-3-13)21-9-8-12-4-7-15(19)10-16(12)21/h2-7,10-11,17H,8-9,20H2,1H3. The fourth-order valence-electron chi connectivity index (χ4n) is 3.09. The van der Waals surface area contributed by atoms with E-state index in [1.54, 1.807) is 6.07 Å². The second-order valence-electron chi connectivity index (χ2n) is 5.57. The van der Waals surface area contributed by atoms with Crippen LogP contribution in [0.2, 0.25) is 5.02 Å². The lowest BCUT2D eigenvalue weighted by molar-refractivity contribution is 0.540. The average molecular weight is 305 g/mol. The Balaban J connectivity index is 2.00. The SMILES string of the molecule is CC(N)C(c1ccc(Cl)cc1)N1CCc2ccc(F)cc21. The van der Waals surface area contributed by atoms with Gasteiger partial charge in [-0.25, -0.2) is 4.39 Å². The van der Waals surface area contributed by atoms with Crippen molar-refractivity contribution in [2.75, 3.05) is 11.4 Å². The van der Waals surface area contributed by atoms with Crippen molar-refractivity contribution in [1.82, 2.24) is 0 Å². The molecule has 4 heteroatoms. The maximum absolute atomic E-state index is 13.6. The maximum atomic E-state index is 13.6. The highest BCUT2D eigenvalue weighted by Crippen LogP contribution is 2.37. The van der Waals surface area contributed by atoms with Gasteiger partial charge in [-0.3, -0.25) is 0 Å². The van der Waals surface area contributed by atoms with Crippen LogP contribution in [0.5, 0.6) is 0 Å². The summed E-state index contributed by atoms with van der Waals surface area (Å²) in [5.41, 5.74) is 9.44. The van der Waals surface area contributed by atoms with Gasteiger partial charge in [-0.15, -0.1) is 0 Å². The molecule has 0 aliphatic carbocycles. The number of benzene rings is 2. The molecule has 1 aliphatic rings. The van der Waals surface area contributed by atoms with Crippen LogP contribution in [0.3, 0.4) is 0 Å². The average Bonchev–Trinajstić information content (AvgIpc) is 2.84. The molecule has 2 unspecified atom stereocenters. The molecule has 0 fully saturated rings. The second-order valence-corrected chi connectivity index (χ2v) is 6.01. The van der Waals surface area contributed by atoms with Gasteiger partial charge in [0.15, 0.2) is 0 Å². The summed E-state index contributed by atoms with van der Waals surface area (Å²) in [6.45, 7) is 2.84. The lowest BCUT2D eigenvalue weighted by Crippen LogP contribution is -2.38. The molecule has 0 bridgehead atoms. The van der Waals surface area contributed by atoms with Crippen molar-refractivity contribution in [2.24, 2.45) is 5.73 Å². The number of rotatable bonds is 3. The first-order chi connectivity index (χ1) is 10.1. The van der Waals surface area contributed by atoms with E-state index < -0.39 is 0 Å². The van der Waals surface area contributed by atoms with E-state index in [-0.39, 0.29) is 17.9 Å². The molecule has 0 saturated heterocycles. The molecule has 1 aliphatic heterocycles. The van der Waals surface area contributed by atoms with Gasteiger partial charge in [-0.1, -0.05) is 29.8 Å². The second kappa shape index (κ2) is 5.66. The molecule has 0 radical (unpaired) electrons. The number of fused-ring (bicyclic) bond motifs is 1. The van der Waals surface area contributed by atoms with E-state index in [0.29, 0.717) is 5.02 Å². The van der Waals surface area contributed by atoms with Crippen molar-refractivity contribution in [3.05, 3.63) is 64.4 Å². The Bertz CT molecular complexity index is 640. The predicted octanol–water partition coefficient (Wildman–Crippen LogP) is 3.93. The van der Waals surface area contributed by atoms with Crippen LogP contribution in [0.4, 0.5) is 10.1 Å². The molecule has 0 spiro atoms. The van der Waals surface area contributed by atoms with Crippen LogP contribution >= 0.6 is 11.6 Å². The van der Waals surface area contributed by atoms with Crippen LogP contribution in [0.25, 0.3) is 0 Å². The number of hydrogen-bond donors (Lipinski definition) is 1. The first-order valence-electron chi connectivity index (χ1n) is 7.12. The highest BCUT2D eigenvalue weighted by atomic mass is 35.5. The highest BCUT2D eigenvalue weighted by molar-refractivity contribution is 6.30. The normalized spacial score (nSPS) is 16.7. The van der Waals surface area contributed by atoms with E-state index >= 15 is 0 Å². The minimum absolute atomic E-state index is 0.0188. The Morgan fingerprint density at radius 2 is 1.90 bits per heavy atom. The molecule has 110 valence electrons. The summed E-state index contributed by atoms with van der Waals surface area (Å²) < 4.78 is 13.6. The maximum Gasteiger partial charge on any atom is 0.125 e. The van der Waals surface area contributed by atoms with E-state index in [1.165, 1.54) is 11.6 Å². The van der Waals surface area contributed by atoms with Crippen LogP contribution in [-0.2, 0) is 6.42 Å². The van der Waals surface area contributed by atoms with Crippen molar-refractivity contribution in [3.8, 4) is 0 Å². The summed E-state index contributed by atoms with van der Waals surface area (Å²) in [6, 6.07) is 12.7. The topological polar surface area (TPSA) is 29.3 Å². The van der Waals surface area contributed by atoms with Crippen molar-refractivity contribution in [3.63, 3.8) is 0 Å². The van der Waals surface area contributed by atoms with Gasteiger partial charge in [0.1, 0.15) is 5.82 Å². The number of anilines is 1. The third-order valence-corrected chi connectivity index (χ3v) is 4.28. The first kappa shape index (κ1) is 14.4. The highest BCUT2D eigenvalue weighted by Gasteiger charge is 2.29. The Morgan fingerprint density at radius 3 is 2.57 bits per heavy atom. The van der Waals surface area contributed by atoms with Crippen LogP contribution in [0.15, 0.2) is 42.5 Å². The molecule has 0 saturated carbocycles.